The molecule has 370 valence electrons. The van der Waals surface area contributed by atoms with Crippen molar-refractivity contribution in [2.75, 3.05) is 92.2 Å². The second kappa shape index (κ2) is 19.9. The first kappa shape index (κ1) is 48.1. The van der Waals surface area contributed by atoms with Gasteiger partial charge in [-0.3, -0.25) is 24.6 Å². The Bertz CT molecular complexity index is 2830. The van der Waals surface area contributed by atoms with E-state index in [2.05, 4.69) is 71.8 Å². The Labute approximate surface area is 415 Å². The number of pyridine rings is 1. The van der Waals surface area contributed by atoms with Crippen molar-refractivity contribution in [1.82, 2.24) is 30.1 Å². The Balaban J connectivity index is 0.741. The van der Waals surface area contributed by atoms with E-state index in [-0.39, 0.29) is 30.2 Å². The number of ether oxygens (including phenoxy) is 1. The third kappa shape index (κ3) is 9.51. The Hall–Kier alpha value is -5.55. The van der Waals surface area contributed by atoms with Crippen molar-refractivity contribution in [2.24, 2.45) is 5.92 Å². The molecule has 5 saturated heterocycles. The van der Waals surface area contributed by atoms with Crippen molar-refractivity contribution in [2.45, 2.75) is 70.8 Å². The number of fused-ring (bicyclic) bond motifs is 1. The van der Waals surface area contributed by atoms with Gasteiger partial charge in [0, 0.05) is 76.1 Å². The Morgan fingerprint density at radius 1 is 0.914 bits per heavy atom. The number of anilines is 6. The van der Waals surface area contributed by atoms with Crippen molar-refractivity contribution in [3.05, 3.63) is 87.7 Å². The first-order chi connectivity index (χ1) is 33.8. The molecule has 5 aliphatic heterocycles. The molecule has 2 aromatic heterocycles. The molecule has 0 spiro atoms. The summed E-state index contributed by atoms with van der Waals surface area (Å²) in [4.78, 5) is 72.5. The molecule has 5 aromatic rings. The maximum absolute atomic E-state index is 15.2. The van der Waals surface area contributed by atoms with E-state index in [0.717, 1.165) is 110 Å². The first-order valence-corrected chi connectivity index (χ1v) is 27.7. The molecule has 10 rings (SSSR count). The van der Waals surface area contributed by atoms with Crippen molar-refractivity contribution in [3.63, 3.8) is 0 Å². The van der Waals surface area contributed by atoms with Crippen molar-refractivity contribution in [1.29, 1.82) is 0 Å². The zero-order valence-corrected chi connectivity index (χ0v) is 42.4. The van der Waals surface area contributed by atoms with Crippen LogP contribution in [-0.4, -0.2) is 125 Å². The fraction of sp³-hybridized carbons (Fsp3) is 0.451. The minimum Gasteiger partial charge on any atom is -0.370 e. The summed E-state index contributed by atoms with van der Waals surface area (Å²) in [5.74, 6) is -2.36. The summed E-state index contributed by atoms with van der Waals surface area (Å²) in [6.45, 7) is 9.50. The van der Waals surface area contributed by atoms with Crippen LogP contribution < -0.4 is 35.8 Å². The molecule has 1 unspecified atom stereocenters. The standard InChI is InChI=1S/C51H60BrF2N10O5P/c1-4-31-23-42(58-51-55-27-37(52)48(60-51)57-41-11-10-40-35(8-7-30(2)56-40)47(41)70(68)21-5-6-22-70)44(69-3)26-43(31)62-15-13-33(14-16-62)61-17-19-63(20-18-61)50(67)32-28-64(29-32)34-24-38(53)46(39(54)25-34)36-9-12-45(65)59-49(36)66/h7-8,10-11,23-27,32-33,36,68,70H,4-6,9,12-22,28-29H2,1-3H3,(H,59,65,66)(H2,55,57,58,60). The Kier molecular flexibility index (Phi) is 13.7. The molecule has 3 amide bonds. The number of amides is 3. The summed E-state index contributed by atoms with van der Waals surface area (Å²) in [5.41, 5.74) is 5.76. The minimum atomic E-state index is -2.76. The first-order valence-electron chi connectivity index (χ1n) is 24.5. The van der Waals surface area contributed by atoms with Crippen molar-refractivity contribution in [3.8, 4) is 5.75 Å². The van der Waals surface area contributed by atoms with E-state index in [1.807, 2.05) is 30.0 Å². The van der Waals surface area contributed by atoms with Crippen LogP contribution in [0.4, 0.5) is 43.3 Å². The van der Waals surface area contributed by atoms with Crippen molar-refractivity contribution < 1.29 is 32.8 Å². The molecule has 0 aliphatic carbocycles. The molecule has 0 saturated carbocycles. The molecule has 0 bridgehead atoms. The number of imide groups is 1. The minimum absolute atomic E-state index is 0.0283. The van der Waals surface area contributed by atoms with Gasteiger partial charge in [0.25, 0.3) is 0 Å². The molecule has 7 heterocycles. The van der Waals surface area contributed by atoms with Gasteiger partial charge in [0.15, 0.2) is 0 Å². The number of aromatic nitrogens is 3. The number of piperazine rings is 1. The second-order valence-corrected chi connectivity index (χ2v) is 23.8. The molecular formula is C51H60BrF2N10O5P. The molecule has 70 heavy (non-hydrogen) atoms. The molecule has 5 fully saturated rings. The number of benzene rings is 3. The van der Waals surface area contributed by atoms with Crippen LogP contribution in [0.3, 0.4) is 0 Å². The van der Waals surface area contributed by atoms with Crippen LogP contribution in [0.2, 0.25) is 0 Å². The summed E-state index contributed by atoms with van der Waals surface area (Å²) < 4.78 is 37.1. The molecule has 0 radical (unpaired) electrons. The van der Waals surface area contributed by atoms with E-state index < -0.39 is 36.9 Å². The molecule has 15 nitrogen and oxygen atoms in total. The average Bonchev–Trinajstić information content (AvgIpc) is 3.79. The predicted molar refractivity (Wildman–Crippen MR) is 275 cm³/mol. The van der Waals surface area contributed by atoms with E-state index >= 15 is 8.78 Å². The maximum atomic E-state index is 15.2. The number of nitrogens with one attached hydrogen (secondary N) is 3. The number of rotatable bonds is 12. The van der Waals surface area contributed by atoms with Gasteiger partial charge in [0.2, 0.25) is 17.7 Å². The molecule has 4 N–H and O–H groups in total. The zero-order chi connectivity index (χ0) is 48.8. The van der Waals surface area contributed by atoms with Crippen LogP contribution in [-0.2, 0) is 20.8 Å². The molecule has 3 aromatic carbocycles. The number of carbonyl (C=O) groups excluding carboxylic acids is 3. The third-order valence-corrected chi connectivity index (χ3v) is 19.5. The van der Waals surface area contributed by atoms with Gasteiger partial charge in [-0.05, 0) is 31.4 Å². The molecule has 1 atom stereocenters. The SMILES string of the molecule is CCc1cc(Nc2ncc(Br)c(Nc3ccc4nc(C)ccc4c3[PH]3(O)CCCC3)n2)c(OC)cc1N1CCC(N2CCN(C(=O)C3CN(c4cc(F)c(C5CCC(=O)NC5=O)c(F)c4)C3)CC2)CC1. The van der Waals surface area contributed by atoms with Crippen molar-refractivity contribution >= 4 is 91.9 Å². The van der Waals surface area contributed by atoms with E-state index in [9.17, 15) is 19.3 Å². The van der Waals surface area contributed by atoms with E-state index in [1.165, 1.54) is 17.7 Å². The Morgan fingerprint density at radius 3 is 2.33 bits per heavy atom. The molecular weight excluding hydrogens is 981 g/mol. The number of methoxy groups -OCH3 is 1. The summed E-state index contributed by atoms with van der Waals surface area (Å²) >= 11 is 3.67. The third-order valence-electron chi connectivity index (χ3n) is 15.1. The van der Waals surface area contributed by atoms with Gasteiger partial charge in [-0.25, -0.2) is 8.78 Å². The van der Waals surface area contributed by atoms with Crippen LogP contribution >= 0.6 is 23.4 Å². The molecule has 5 aliphatic rings. The number of aryl methyl sites for hydroxylation is 2. The number of nitrogens with zero attached hydrogens (tertiary/aromatic N) is 7. The number of hydrogen-bond acceptors (Lipinski definition) is 13. The average molecular weight is 1040 g/mol. The summed E-state index contributed by atoms with van der Waals surface area (Å²) in [5, 5.41) is 11.1. The van der Waals surface area contributed by atoms with E-state index in [4.69, 9.17) is 14.7 Å². The predicted octanol–water partition coefficient (Wildman–Crippen LogP) is 7.28. The smallest absolute Gasteiger partial charge is 0.370 e. The topological polar surface area (TPSA) is 168 Å². The monoisotopic (exact) mass is 1040 g/mol. The van der Waals surface area contributed by atoms with Gasteiger partial charge in [0.05, 0.1) is 11.8 Å². The second-order valence-electron chi connectivity index (χ2n) is 19.4. The van der Waals surface area contributed by atoms with E-state index in [1.54, 1.807) is 18.2 Å². The zero-order valence-electron chi connectivity index (χ0n) is 39.8. The molecule has 19 heteroatoms. The van der Waals surface area contributed by atoms with Crippen LogP contribution in [0.1, 0.15) is 68.2 Å². The summed E-state index contributed by atoms with van der Waals surface area (Å²) in [6.07, 6.45) is 8.27. The van der Waals surface area contributed by atoms with Gasteiger partial charge >= 0.3 is 225 Å². The van der Waals surface area contributed by atoms with E-state index in [0.29, 0.717) is 59.9 Å². The van der Waals surface area contributed by atoms with Crippen LogP contribution in [0.5, 0.6) is 5.75 Å². The number of halogens is 3. The fourth-order valence-electron chi connectivity index (χ4n) is 11.3. The van der Waals surface area contributed by atoms with Gasteiger partial charge in [-0.15, -0.1) is 0 Å². The summed E-state index contributed by atoms with van der Waals surface area (Å²) in [6, 6.07) is 15.2. The number of carbonyl (C=O) groups is 3. The van der Waals surface area contributed by atoms with Crippen LogP contribution in [0.25, 0.3) is 10.9 Å². The van der Waals surface area contributed by atoms with Gasteiger partial charge in [-0.2, -0.15) is 0 Å². The summed E-state index contributed by atoms with van der Waals surface area (Å²) in [7, 11) is -1.09. The Morgan fingerprint density at radius 2 is 1.64 bits per heavy atom. The normalized spacial score (nSPS) is 20.6. The van der Waals surface area contributed by atoms with Gasteiger partial charge in [-0.1, -0.05) is 0 Å². The van der Waals surface area contributed by atoms with Crippen LogP contribution in [0.15, 0.2) is 59.2 Å². The fourth-order valence-corrected chi connectivity index (χ4v) is 15.4. The number of hydrogen-bond donors (Lipinski definition) is 4. The van der Waals surface area contributed by atoms with Gasteiger partial charge < -0.3 is 9.80 Å². The van der Waals surface area contributed by atoms with Crippen LogP contribution in [0, 0.1) is 24.5 Å². The number of piperidine rings is 2. The quantitative estimate of drug-likeness (QED) is 0.0728. The van der Waals surface area contributed by atoms with Gasteiger partial charge in [0.1, 0.15) is 11.6 Å².